The van der Waals surface area contributed by atoms with Crippen molar-refractivity contribution in [3.05, 3.63) is 11.6 Å². The van der Waals surface area contributed by atoms with Crippen LogP contribution in [-0.2, 0) is 9.53 Å². The number of fused-ring (bicyclic) bond motifs is 6. The summed E-state index contributed by atoms with van der Waals surface area (Å²) in [5, 5.41) is 10.9. The molecule has 5 aliphatic rings. The van der Waals surface area contributed by atoms with Crippen molar-refractivity contribution in [3.63, 3.8) is 0 Å². The maximum absolute atomic E-state index is 12.0. The fraction of sp³-hybridized carbons (Fsp3) is 0.870. The molecule has 8 atom stereocenters. The molecule has 1 saturated heterocycles. The quantitative estimate of drug-likeness (QED) is 0.519. The van der Waals surface area contributed by atoms with Gasteiger partial charge in [0.2, 0.25) is 0 Å². The molecule has 1 N–H and O–H groups in total. The molecule has 3 saturated carbocycles. The van der Waals surface area contributed by atoms with Gasteiger partial charge in [0.15, 0.2) is 0 Å². The summed E-state index contributed by atoms with van der Waals surface area (Å²) in [5.74, 6) is 2.13. The van der Waals surface area contributed by atoms with E-state index in [1.54, 1.807) is 0 Å². The minimum Gasteiger partial charge on any atom is -0.458 e. The van der Waals surface area contributed by atoms with Crippen LogP contribution in [0.2, 0.25) is 0 Å². The van der Waals surface area contributed by atoms with E-state index in [1.165, 1.54) is 24.8 Å². The Hall–Kier alpha value is -0.480. The number of aliphatic hydroxyl groups excluding tert-OH is 1. The molecule has 1 spiro atoms. The zero-order chi connectivity index (χ0) is 19.0. The van der Waals surface area contributed by atoms with Gasteiger partial charge in [-0.15, -0.1) is 0 Å². The lowest BCUT2D eigenvalue weighted by Gasteiger charge is -2.61. The van der Waals surface area contributed by atoms with Crippen molar-refractivity contribution < 1.29 is 14.6 Å². The van der Waals surface area contributed by atoms with Crippen molar-refractivity contribution in [1.29, 1.82) is 0 Å². The van der Waals surface area contributed by atoms with E-state index in [0.29, 0.717) is 23.5 Å². The first kappa shape index (κ1) is 18.5. The first-order valence-electron chi connectivity index (χ1n) is 11.0. The highest BCUT2D eigenvalue weighted by Crippen LogP contribution is 2.70. The van der Waals surface area contributed by atoms with Crippen LogP contribution in [-0.4, -0.2) is 34.3 Å². The summed E-state index contributed by atoms with van der Waals surface area (Å²) in [6.45, 7) is 4.94. The number of hydrogen-bond acceptors (Lipinski definition) is 4. The first-order chi connectivity index (χ1) is 12.8. The average Bonchev–Trinajstić information content (AvgIpc) is 3.16. The van der Waals surface area contributed by atoms with Gasteiger partial charge in [0.05, 0.1) is 6.10 Å². The van der Waals surface area contributed by atoms with E-state index >= 15 is 0 Å². The SMILES string of the molecule is CS[C@@H]1CC2=C[C@@H](O)CCC2(C)C2CCC3(C)C(CCC34CCC(=O)O4)C21. The van der Waals surface area contributed by atoms with E-state index in [1.807, 2.05) is 11.8 Å². The molecular formula is C23H34O3S. The highest BCUT2D eigenvalue weighted by Gasteiger charge is 2.68. The van der Waals surface area contributed by atoms with Crippen LogP contribution in [0, 0.1) is 28.6 Å². The fourth-order valence-electron chi connectivity index (χ4n) is 8.19. The molecule has 0 amide bonds. The summed E-state index contributed by atoms with van der Waals surface area (Å²) in [5.41, 5.74) is 1.77. The lowest BCUT2D eigenvalue weighted by Crippen LogP contribution is -2.57. The Morgan fingerprint density at radius 2 is 1.89 bits per heavy atom. The summed E-state index contributed by atoms with van der Waals surface area (Å²) in [7, 11) is 0. The number of thioether (sulfide) groups is 1. The van der Waals surface area contributed by atoms with Gasteiger partial charge in [-0.2, -0.15) is 11.8 Å². The Morgan fingerprint density at radius 3 is 2.59 bits per heavy atom. The Balaban J connectivity index is 1.54. The van der Waals surface area contributed by atoms with Crippen LogP contribution >= 0.6 is 11.8 Å². The molecule has 0 bridgehead atoms. The highest BCUT2D eigenvalue weighted by molar-refractivity contribution is 7.99. The molecular weight excluding hydrogens is 356 g/mol. The minimum absolute atomic E-state index is 0.0301. The first-order valence-corrected chi connectivity index (χ1v) is 12.3. The van der Waals surface area contributed by atoms with E-state index in [4.69, 9.17) is 4.74 Å². The molecule has 27 heavy (non-hydrogen) atoms. The second-order valence-electron chi connectivity index (χ2n) is 10.4. The molecule has 0 aromatic carbocycles. The standard InChI is InChI=1S/C23H34O3S/c1-21-8-4-15(24)12-14(21)13-18(27-3)20-16(21)5-9-22(2)17(20)6-10-23(22)11-7-19(25)26-23/h12,15-18,20,24H,4-11,13H2,1-3H3/t15-,16?,17?,18+,20?,21?,22?,23?/m0/s1. The van der Waals surface area contributed by atoms with Crippen molar-refractivity contribution in [2.45, 2.75) is 88.6 Å². The number of allylic oxidation sites excluding steroid dienone is 1. The predicted octanol–water partition coefficient (Wildman–Crippen LogP) is 4.73. The van der Waals surface area contributed by atoms with Gasteiger partial charge in [-0.05, 0) is 80.8 Å². The fourth-order valence-corrected chi connectivity index (χ4v) is 9.23. The summed E-state index contributed by atoms with van der Waals surface area (Å²) in [6.07, 6.45) is 13.7. The van der Waals surface area contributed by atoms with Crippen LogP contribution < -0.4 is 0 Å². The third-order valence-electron chi connectivity index (χ3n) is 9.72. The third kappa shape index (κ3) is 2.35. The van der Waals surface area contributed by atoms with Gasteiger partial charge in [0, 0.05) is 17.1 Å². The van der Waals surface area contributed by atoms with Crippen molar-refractivity contribution in [3.8, 4) is 0 Å². The molecule has 4 fully saturated rings. The summed E-state index contributed by atoms with van der Waals surface area (Å²) in [6, 6.07) is 0. The van der Waals surface area contributed by atoms with Gasteiger partial charge in [-0.1, -0.05) is 25.5 Å². The number of hydrogen-bond donors (Lipinski definition) is 1. The highest BCUT2D eigenvalue weighted by atomic mass is 32.2. The van der Waals surface area contributed by atoms with Gasteiger partial charge in [-0.25, -0.2) is 0 Å². The smallest absolute Gasteiger partial charge is 0.306 e. The summed E-state index contributed by atoms with van der Waals surface area (Å²) < 4.78 is 6.09. The molecule has 3 nitrogen and oxygen atoms in total. The largest absolute Gasteiger partial charge is 0.458 e. The number of ether oxygens (including phenoxy) is 1. The van der Waals surface area contributed by atoms with Crippen LogP contribution in [0.1, 0.15) is 71.6 Å². The van der Waals surface area contributed by atoms with E-state index in [0.717, 1.165) is 38.0 Å². The van der Waals surface area contributed by atoms with E-state index in [9.17, 15) is 9.90 Å². The lowest BCUT2D eigenvalue weighted by atomic mass is 9.46. The Morgan fingerprint density at radius 1 is 1.11 bits per heavy atom. The van der Waals surface area contributed by atoms with Crippen molar-refractivity contribution >= 4 is 17.7 Å². The second-order valence-corrected chi connectivity index (χ2v) is 11.5. The molecule has 1 aliphatic heterocycles. The molecule has 0 aromatic heterocycles. The number of carbonyl (C=O) groups is 1. The van der Waals surface area contributed by atoms with Gasteiger partial charge in [0.25, 0.3) is 0 Å². The zero-order valence-corrected chi connectivity index (χ0v) is 17.8. The van der Waals surface area contributed by atoms with Gasteiger partial charge in [0.1, 0.15) is 5.60 Å². The lowest BCUT2D eigenvalue weighted by molar-refractivity contribution is -0.167. The number of rotatable bonds is 1. The van der Waals surface area contributed by atoms with Gasteiger partial charge < -0.3 is 9.84 Å². The number of esters is 1. The van der Waals surface area contributed by atoms with Crippen LogP contribution in [0.25, 0.3) is 0 Å². The summed E-state index contributed by atoms with van der Waals surface area (Å²) in [4.78, 5) is 12.0. The topological polar surface area (TPSA) is 46.5 Å². The second kappa shape index (κ2) is 6.01. The van der Waals surface area contributed by atoms with Crippen molar-refractivity contribution in [2.75, 3.05) is 6.26 Å². The Kier molecular flexibility index (Phi) is 4.13. The average molecular weight is 391 g/mol. The molecule has 150 valence electrons. The number of aliphatic hydroxyl groups is 1. The minimum atomic E-state index is -0.242. The van der Waals surface area contributed by atoms with Crippen LogP contribution in [0.4, 0.5) is 0 Å². The van der Waals surface area contributed by atoms with Crippen LogP contribution in [0.15, 0.2) is 11.6 Å². The van der Waals surface area contributed by atoms with E-state index in [-0.39, 0.29) is 28.5 Å². The maximum atomic E-state index is 12.0. The number of carbonyl (C=O) groups excluding carboxylic acids is 1. The maximum Gasteiger partial charge on any atom is 0.306 e. The Bertz CT molecular complexity index is 689. The monoisotopic (exact) mass is 390 g/mol. The normalized spacial score (nSPS) is 54.1. The van der Waals surface area contributed by atoms with Crippen molar-refractivity contribution in [2.24, 2.45) is 28.6 Å². The van der Waals surface area contributed by atoms with Gasteiger partial charge >= 0.3 is 5.97 Å². The summed E-state index contributed by atoms with van der Waals surface area (Å²) >= 11 is 2.04. The van der Waals surface area contributed by atoms with Crippen LogP contribution in [0.3, 0.4) is 0 Å². The third-order valence-corrected chi connectivity index (χ3v) is 10.8. The van der Waals surface area contributed by atoms with Gasteiger partial charge in [-0.3, -0.25) is 4.79 Å². The molecule has 4 aliphatic carbocycles. The van der Waals surface area contributed by atoms with E-state index in [2.05, 4.69) is 26.2 Å². The zero-order valence-electron chi connectivity index (χ0n) is 17.0. The Labute approximate surface area is 167 Å². The molecule has 6 unspecified atom stereocenters. The molecule has 0 aromatic rings. The van der Waals surface area contributed by atoms with Crippen molar-refractivity contribution in [1.82, 2.24) is 0 Å². The molecule has 0 radical (unpaired) electrons. The molecule has 4 heteroatoms. The van der Waals surface area contributed by atoms with Crippen LogP contribution in [0.5, 0.6) is 0 Å². The molecule has 1 heterocycles. The van der Waals surface area contributed by atoms with E-state index < -0.39 is 0 Å². The molecule has 5 rings (SSSR count). The predicted molar refractivity (Wildman–Crippen MR) is 108 cm³/mol.